The van der Waals surface area contributed by atoms with Crippen molar-refractivity contribution in [3.8, 4) is 5.88 Å². The van der Waals surface area contributed by atoms with Crippen molar-refractivity contribution < 1.29 is 24.8 Å². The van der Waals surface area contributed by atoms with Crippen LogP contribution in [0.5, 0.6) is 5.88 Å². The van der Waals surface area contributed by atoms with E-state index in [1.165, 1.54) is 0 Å². The van der Waals surface area contributed by atoms with Crippen LogP contribution in [0.4, 0.5) is 5.69 Å². The van der Waals surface area contributed by atoms with Crippen molar-refractivity contribution in [2.45, 2.75) is 6.92 Å². The second-order valence-corrected chi connectivity index (χ2v) is 4.65. The highest BCUT2D eigenvalue weighted by molar-refractivity contribution is 5.96. The molecule has 0 unspecified atom stereocenters. The molecular weight excluding hydrogens is 312 g/mol. The number of nitrogens with zero attached hydrogens (tertiary/aromatic N) is 2. The number of rotatable bonds is 2. The summed E-state index contributed by atoms with van der Waals surface area (Å²) in [5.74, 6) is -1.66. The first-order valence-corrected chi connectivity index (χ1v) is 6.88. The van der Waals surface area contributed by atoms with Gasteiger partial charge in [-0.25, -0.2) is 4.98 Å². The Labute approximate surface area is 136 Å². The van der Waals surface area contributed by atoms with Gasteiger partial charge in [-0.3, -0.25) is 4.79 Å². The molecule has 0 atom stereocenters. The third-order valence-corrected chi connectivity index (χ3v) is 2.87. The molecule has 1 amide bonds. The first-order valence-electron chi connectivity index (χ1n) is 6.88. The van der Waals surface area contributed by atoms with E-state index >= 15 is 0 Å². The average molecular weight is 326 g/mol. The minimum Gasteiger partial charge on any atom is -0.550 e. The Kier molecular flexibility index (Phi) is 5.35. The lowest BCUT2D eigenvalue weighted by Crippen LogP contribution is -2.16. The van der Waals surface area contributed by atoms with Crippen LogP contribution in [0.15, 0.2) is 59.0 Å². The minimum atomic E-state index is -1.08. The molecule has 2 aromatic heterocycles. The number of nitrogens with one attached hydrogen (secondary N) is 2. The maximum atomic E-state index is 11.8. The van der Waals surface area contributed by atoms with Gasteiger partial charge in [0.15, 0.2) is 18.1 Å². The molecule has 3 rings (SSSR count). The van der Waals surface area contributed by atoms with Gasteiger partial charge in [0.1, 0.15) is 0 Å². The van der Waals surface area contributed by atoms with Gasteiger partial charge in [0, 0.05) is 23.5 Å². The Morgan fingerprint density at radius 2 is 1.79 bits per heavy atom. The summed E-state index contributed by atoms with van der Waals surface area (Å²) in [4.78, 5) is 26.3. The average Bonchev–Trinajstić information content (AvgIpc) is 2.88. The Hall–Kier alpha value is -3.55. The van der Waals surface area contributed by atoms with Crippen LogP contribution in [0.3, 0.4) is 0 Å². The van der Waals surface area contributed by atoms with Crippen LogP contribution >= 0.6 is 0 Å². The van der Waals surface area contributed by atoms with Crippen molar-refractivity contribution in [1.82, 2.24) is 4.98 Å². The monoisotopic (exact) mass is 326 g/mol. The van der Waals surface area contributed by atoms with Crippen LogP contribution in [0.25, 0.3) is 10.9 Å². The van der Waals surface area contributed by atoms with Crippen LogP contribution in [-0.2, 0) is 4.79 Å². The van der Waals surface area contributed by atoms with Gasteiger partial charge in [-0.05, 0) is 13.0 Å². The topological polar surface area (TPSA) is 132 Å². The van der Waals surface area contributed by atoms with Gasteiger partial charge in [-0.15, -0.1) is 10.2 Å². The van der Waals surface area contributed by atoms with Crippen LogP contribution in [-0.4, -0.2) is 22.0 Å². The normalized spacial score (nSPS) is 10.4. The molecule has 3 aromatic rings. The van der Waals surface area contributed by atoms with E-state index in [4.69, 9.17) is 9.90 Å². The molecule has 3 N–H and O–H groups in total. The smallest absolute Gasteiger partial charge is 0.295 e. The number of carbonyl (C=O) groups is 2. The van der Waals surface area contributed by atoms with E-state index in [1.54, 1.807) is 30.6 Å². The number of amides is 1. The summed E-state index contributed by atoms with van der Waals surface area (Å²) in [7, 11) is 0. The zero-order chi connectivity index (χ0) is 17.5. The predicted octanol–water partition coefficient (Wildman–Crippen LogP) is 1.37. The highest BCUT2D eigenvalue weighted by Gasteiger charge is 2.11. The van der Waals surface area contributed by atoms with Gasteiger partial charge < -0.3 is 20.0 Å². The van der Waals surface area contributed by atoms with E-state index in [-0.39, 0.29) is 11.6 Å². The van der Waals surface area contributed by atoms with Gasteiger partial charge in [-0.2, -0.15) is 0 Å². The number of carboxylic acid groups (broad SMARTS) is 1. The Bertz CT molecular complexity index is 883. The van der Waals surface area contributed by atoms with Crippen LogP contribution in [0.2, 0.25) is 0 Å². The zero-order valence-corrected chi connectivity index (χ0v) is 12.7. The fourth-order valence-electron chi connectivity index (χ4n) is 1.90. The number of pyridine rings is 1. The summed E-state index contributed by atoms with van der Waals surface area (Å²) in [6.07, 6.45) is 3.26. The second-order valence-electron chi connectivity index (χ2n) is 4.65. The molecule has 8 heteroatoms. The van der Waals surface area contributed by atoms with E-state index in [1.807, 2.05) is 18.2 Å². The van der Waals surface area contributed by atoms with Gasteiger partial charge >= 0.3 is 0 Å². The van der Waals surface area contributed by atoms with Crippen molar-refractivity contribution in [2.75, 3.05) is 0 Å². The van der Waals surface area contributed by atoms with Crippen molar-refractivity contribution in [1.29, 1.82) is 0 Å². The largest absolute Gasteiger partial charge is 0.550 e. The molecule has 0 radical (unpaired) electrons. The van der Waals surface area contributed by atoms with Gasteiger partial charge in [0.05, 0.1) is 11.1 Å². The summed E-state index contributed by atoms with van der Waals surface area (Å²) in [5.41, 5.74) is 1.42. The zero-order valence-electron chi connectivity index (χ0n) is 12.7. The Morgan fingerprint density at radius 3 is 2.46 bits per heavy atom. The molecule has 0 aliphatic carbocycles. The lowest BCUT2D eigenvalue weighted by molar-refractivity contribution is -0.378. The highest BCUT2D eigenvalue weighted by atomic mass is 16.4. The number of aromatic amines is 2. The molecule has 0 saturated carbocycles. The fraction of sp³-hybridized carbons (Fsp3) is 0.0625. The quantitative estimate of drug-likeness (QED) is 0.688. The number of para-hydroxylation sites is 1. The number of hydrogen-bond acceptors (Lipinski definition) is 5. The summed E-state index contributed by atoms with van der Waals surface area (Å²) >= 11 is 0. The Balaban J connectivity index is 0.000000471. The third-order valence-electron chi connectivity index (χ3n) is 2.87. The Morgan fingerprint density at radius 1 is 1.17 bits per heavy atom. The van der Waals surface area contributed by atoms with E-state index in [0.29, 0.717) is 10.9 Å². The summed E-state index contributed by atoms with van der Waals surface area (Å²) in [6, 6.07) is 10.5. The lowest BCUT2D eigenvalue weighted by atomic mass is 10.2. The SMILES string of the molecule is CC(=O)[O-].O=C(N=Nc1c(O)[nH]c2ccccc12)c1cc[nH+]cc1. The number of aromatic hydroxyl groups is 1. The second kappa shape index (κ2) is 7.63. The van der Waals surface area contributed by atoms with Gasteiger partial charge in [0.2, 0.25) is 5.88 Å². The minimum absolute atomic E-state index is 0.107. The molecule has 0 spiro atoms. The third kappa shape index (κ3) is 4.23. The van der Waals surface area contributed by atoms with E-state index in [9.17, 15) is 9.90 Å². The maximum Gasteiger partial charge on any atom is 0.295 e. The number of aromatic nitrogens is 2. The van der Waals surface area contributed by atoms with E-state index in [0.717, 1.165) is 12.4 Å². The molecule has 1 aromatic carbocycles. The van der Waals surface area contributed by atoms with Gasteiger partial charge in [0.25, 0.3) is 5.91 Å². The van der Waals surface area contributed by atoms with E-state index < -0.39 is 11.9 Å². The van der Waals surface area contributed by atoms with E-state index in [2.05, 4.69) is 20.2 Å². The van der Waals surface area contributed by atoms with Crippen LogP contribution in [0, 0.1) is 0 Å². The molecule has 0 saturated heterocycles. The molecule has 0 fully saturated rings. The number of aliphatic carboxylic acids is 1. The molecule has 24 heavy (non-hydrogen) atoms. The van der Waals surface area contributed by atoms with Crippen molar-refractivity contribution >= 4 is 28.5 Å². The number of carboxylic acids is 1. The number of H-pyrrole nitrogens is 2. The first-order chi connectivity index (χ1) is 11.5. The number of benzene rings is 1. The van der Waals surface area contributed by atoms with Crippen LogP contribution in [0.1, 0.15) is 17.3 Å². The predicted molar refractivity (Wildman–Crippen MR) is 82.5 cm³/mol. The maximum absolute atomic E-state index is 11.8. The highest BCUT2D eigenvalue weighted by Crippen LogP contribution is 2.35. The molecule has 2 heterocycles. The molecule has 0 aliphatic rings. The molecule has 122 valence electrons. The molecule has 0 aliphatic heterocycles. The summed E-state index contributed by atoms with van der Waals surface area (Å²) < 4.78 is 0. The molecular formula is C16H14N4O4. The fourth-order valence-corrected chi connectivity index (χ4v) is 1.90. The number of azo groups is 1. The number of fused-ring (bicyclic) bond motifs is 1. The van der Waals surface area contributed by atoms with Crippen molar-refractivity contribution in [3.63, 3.8) is 0 Å². The lowest BCUT2D eigenvalue weighted by Gasteiger charge is -1.92. The number of hydrogen-bond donors (Lipinski definition) is 2. The van der Waals surface area contributed by atoms with Crippen molar-refractivity contribution in [2.24, 2.45) is 10.2 Å². The summed E-state index contributed by atoms with van der Waals surface area (Å²) in [5, 5.41) is 26.9. The molecule has 8 nitrogen and oxygen atoms in total. The first kappa shape index (κ1) is 16.8. The van der Waals surface area contributed by atoms with Crippen LogP contribution < -0.4 is 10.1 Å². The standard InChI is InChI=1S/C14H10N4O2.C2H4O2/c19-13(9-5-7-15-8-6-9)18-17-12-10-3-1-2-4-11(10)16-14(12)20;1-2(3)4/h1-8,16,20H;1H3,(H,3,4). The number of carbonyl (C=O) groups excluding carboxylic acids is 2. The van der Waals surface area contributed by atoms with Crippen molar-refractivity contribution in [3.05, 3.63) is 54.4 Å². The molecule has 0 bridgehead atoms. The summed E-state index contributed by atoms with van der Waals surface area (Å²) in [6.45, 7) is 0.972. The van der Waals surface area contributed by atoms with Gasteiger partial charge in [-0.1, -0.05) is 18.2 Å².